The van der Waals surface area contributed by atoms with Crippen molar-refractivity contribution >= 4 is 23.2 Å². The molecule has 2 nitrogen and oxygen atoms in total. The van der Waals surface area contributed by atoms with Crippen molar-refractivity contribution in [2.45, 2.75) is 25.7 Å². The summed E-state index contributed by atoms with van der Waals surface area (Å²) in [6.07, 6.45) is 1.15. The first-order chi connectivity index (χ1) is 9.10. The van der Waals surface area contributed by atoms with E-state index in [0.717, 1.165) is 32.7 Å². The molecule has 19 heavy (non-hydrogen) atoms. The van der Waals surface area contributed by atoms with Crippen LogP contribution in [0.2, 0.25) is 10.0 Å². The van der Waals surface area contributed by atoms with Crippen LogP contribution < -0.4 is 5.32 Å². The molecule has 0 unspecified atom stereocenters. The molecule has 1 aliphatic rings. The van der Waals surface area contributed by atoms with E-state index in [-0.39, 0.29) is 5.41 Å². The number of ether oxygens (including phenoxy) is 1. The molecule has 0 saturated carbocycles. The first-order valence-electron chi connectivity index (χ1n) is 6.84. The lowest BCUT2D eigenvalue weighted by Crippen LogP contribution is -2.51. The Hall–Kier alpha value is -0.280. The van der Waals surface area contributed by atoms with Gasteiger partial charge < -0.3 is 10.1 Å². The summed E-state index contributed by atoms with van der Waals surface area (Å²) in [5.74, 6) is 0.553. The SMILES string of the molecule is CCOC[C@@]1(c2ccc(Cl)c(Cl)c2)CNCC[C@H]1C. The van der Waals surface area contributed by atoms with Gasteiger partial charge in [0.15, 0.2) is 0 Å². The third-order valence-electron chi connectivity index (χ3n) is 4.20. The molecule has 1 heterocycles. The van der Waals surface area contributed by atoms with Crippen molar-refractivity contribution in [3.8, 4) is 0 Å². The Morgan fingerprint density at radius 3 is 2.79 bits per heavy atom. The number of hydrogen-bond donors (Lipinski definition) is 1. The van der Waals surface area contributed by atoms with E-state index in [1.165, 1.54) is 5.56 Å². The highest BCUT2D eigenvalue weighted by molar-refractivity contribution is 6.42. The van der Waals surface area contributed by atoms with Gasteiger partial charge in [0, 0.05) is 18.6 Å². The van der Waals surface area contributed by atoms with Gasteiger partial charge in [-0.2, -0.15) is 0 Å². The molecule has 1 fully saturated rings. The fraction of sp³-hybridized carbons (Fsp3) is 0.600. The van der Waals surface area contributed by atoms with Crippen molar-refractivity contribution in [3.05, 3.63) is 33.8 Å². The average molecular weight is 302 g/mol. The van der Waals surface area contributed by atoms with Gasteiger partial charge in [-0.1, -0.05) is 36.2 Å². The van der Waals surface area contributed by atoms with Gasteiger partial charge in [0.1, 0.15) is 0 Å². The molecule has 0 spiro atoms. The Morgan fingerprint density at radius 1 is 1.37 bits per heavy atom. The highest BCUT2D eigenvalue weighted by atomic mass is 35.5. The molecule has 106 valence electrons. The summed E-state index contributed by atoms with van der Waals surface area (Å²) in [7, 11) is 0. The lowest BCUT2D eigenvalue weighted by Gasteiger charge is -2.43. The fourth-order valence-electron chi connectivity index (χ4n) is 2.83. The predicted molar refractivity (Wildman–Crippen MR) is 81.3 cm³/mol. The Kier molecular flexibility index (Phi) is 5.13. The molecule has 0 amide bonds. The number of nitrogens with one attached hydrogen (secondary N) is 1. The van der Waals surface area contributed by atoms with Crippen LogP contribution in [0.5, 0.6) is 0 Å². The van der Waals surface area contributed by atoms with E-state index in [2.05, 4.69) is 18.3 Å². The minimum absolute atomic E-state index is 0.0114. The first kappa shape index (κ1) is 15.1. The molecule has 4 heteroatoms. The van der Waals surface area contributed by atoms with Crippen molar-refractivity contribution in [2.24, 2.45) is 5.92 Å². The van der Waals surface area contributed by atoms with E-state index in [9.17, 15) is 0 Å². The van der Waals surface area contributed by atoms with E-state index in [1.54, 1.807) is 0 Å². The summed E-state index contributed by atoms with van der Waals surface area (Å²) in [6.45, 7) is 7.76. The summed E-state index contributed by atoms with van der Waals surface area (Å²) in [6, 6.07) is 5.96. The number of halogens is 2. The van der Waals surface area contributed by atoms with E-state index in [4.69, 9.17) is 27.9 Å². The van der Waals surface area contributed by atoms with Gasteiger partial charge in [-0.3, -0.25) is 0 Å². The van der Waals surface area contributed by atoms with Gasteiger partial charge in [-0.25, -0.2) is 0 Å². The molecule has 0 aromatic heterocycles. The van der Waals surface area contributed by atoms with E-state index < -0.39 is 0 Å². The molecule has 1 saturated heterocycles. The van der Waals surface area contributed by atoms with Crippen LogP contribution in [0.25, 0.3) is 0 Å². The summed E-state index contributed by atoms with van der Waals surface area (Å²) in [4.78, 5) is 0. The van der Waals surface area contributed by atoms with Gasteiger partial charge in [-0.05, 0) is 43.5 Å². The summed E-state index contributed by atoms with van der Waals surface area (Å²) in [5.41, 5.74) is 1.21. The molecule has 0 bridgehead atoms. The lowest BCUT2D eigenvalue weighted by atomic mass is 9.68. The molecule has 0 radical (unpaired) electrons. The van der Waals surface area contributed by atoms with Crippen LogP contribution in [-0.2, 0) is 10.2 Å². The number of benzene rings is 1. The van der Waals surface area contributed by atoms with Gasteiger partial charge in [-0.15, -0.1) is 0 Å². The van der Waals surface area contributed by atoms with E-state index >= 15 is 0 Å². The van der Waals surface area contributed by atoms with Crippen LogP contribution in [0.15, 0.2) is 18.2 Å². The highest BCUT2D eigenvalue weighted by Gasteiger charge is 2.40. The van der Waals surface area contributed by atoms with Crippen LogP contribution in [0, 0.1) is 5.92 Å². The maximum absolute atomic E-state index is 6.18. The van der Waals surface area contributed by atoms with Crippen molar-refractivity contribution in [1.82, 2.24) is 5.32 Å². The molecule has 0 aliphatic carbocycles. The number of hydrogen-bond acceptors (Lipinski definition) is 2. The van der Waals surface area contributed by atoms with Crippen LogP contribution in [0.1, 0.15) is 25.8 Å². The summed E-state index contributed by atoms with van der Waals surface area (Å²) >= 11 is 12.2. The smallest absolute Gasteiger partial charge is 0.0595 e. The fourth-order valence-corrected chi connectivity index (χ4v) is 3.13. The third kappa shape index (κ3) is 3.08. The minimum atomic E-state index is -0.0114. The van der Waals surface area contributed by atoms with Crippen LogP contribution in [0.3, 0.4) is 0 Å². The van der Waals surface area contributed by atoms with Gasteiger partial charge in [0.25, 0.3) is 0 Å². The number of rotatable bonds is 4. The topological polar surface area (TPSA) is 21.3 Å². The molecule has 1 aromatic rings. The minimum Gasteiger partial charge on any atom is -0.381 e. The summed E-state index contributed by atoms with van der Waals surface area (Å²) in [5, 5.41) is 4.71. The lowest BCUT2D eigenvalue weighted by molar-refractivity contribution is 0.0519. The maximum atomic E-state index is 6.18. The monoisotopic (exact) mass is 301 g/mol. The molecule has 1 aliphatic heterocycles. The average Bonchev–Trinajstić information content (AvgIpc) is 2.41. The van der Waals surface area contributed by atoms with Crippen molar-refractivity contribution < 1.29 is 4.74 Å². The van der Waals surface area contributed by atoms with Crippen molar-refractivity contribution in [3.63, 3.8) is 0 Å². The van der Waals surface area contributed by atoms with Crippen LogP contribution in [0.4, 0.5) is 0 Å². The second-order valence-electron chi connectivity index (χ2n) is 5.29. The molecule has 1 aromatic carbocycles. The predicted octanol–water partition coefficient (Wildman–Crippen LogP) is 3.90. The highest BCUT2D eigenvalue weighted by Crippen LogP contribution is 2.38. The Labute approximate surface area is 125 Å². The molecular formula is C15H21Cl2NO. The number of piperidine rings is 1. The zero-order valence-electron chi connectivity index (χ0n) is 11.5. The quantitative estimate of drug-likeness (QED) is 0.911. The van der Waals surface area contributed by atoms with Crippen LogP contribution in [-0.4, -0.2) is 26.3 Å². The van der Waals surface area contributed by atoms with E-state index in [1.807, 2.05) is 19.1 Å². The second-order valence-corrected chi connectivity index (χ2v) is 6.10. The van der Waals surface area contributed by atoms with Crippen LogP contribution >= 0.6 is 23.2 Å². The van der Waals surface area contributed by atoms with Gasteiger partial charge in [0.05, 0.1) is 16.7 Å². The standard InChI is InChI=1S/C15H21Cl2NO/c1-3-19-10-15(9-18-7-6-11(15)2)12-4-5-13(16)14(17)8-12/h4-5,8,11,18H,3,6-7,9-10H2,1-2H3/t11-,15+/m1/s1. The van der Waals surface area contributed by atoms with Gasteiger partial charge in [0.2, 0.25) is 0 Å². The first-order valence-corrected chi connectivity index (χ1v) is 7.59. The second kappa shape index (κ2) is 6.45. The summed E-state index contributed by atoms with van der Waals surface area (Å²) < 4.78 is 5.76. The molecular weight excluding hydrogens is 281 g/mol. The third-order valence-corrected chi connectivity index (χ3v) is 4.94. The zero-order chi connectivity index (χ0) is 13.9. The Morgan fingerprint density at radius 2 is 2.16 bits per heavy atom. The van der Waals surface area contributed by atoms with E-state index in [0.29, 0.717) is 16.0 Å². The van der Waals surface area contributed by atoms with Crippen molar-refractivity contribution in [2.75, 3.05) is 26.3 Å². The maximum Gasteiger partial charge on any atom is 0.0595 e. The largest absolute Gasteiger partial charge is 0.381 e. The van der Waals surface area contributed by atoms with Gasteiger partial charge >= 0.3 is 0 Å². The molecule has 2 rings (SSSR count). The molecule has 1 N–H and O–H groups in total. The Bertz CT molecular complexity index is 438. The molecule has 2 atom stereocenters. The zero-order valence-corrected chi connectivity index (χ0v) is 13.0. The normalized spacial score (nSPS) is 27.5. The van der Waals surface area contributed by atoms with Crippen molar-refractivity contribution in [1.29, 1.82) is 0 Å². The Balaban J connectivity index is 2.37.